The summed E-state index contributed by atoms with van der Waals surface area (Å²) in [7, 11) is 0. The van der Waals surface area contributed by atoms with Crippen molar-refractivity contribution in [2.24, 2.45) is 28.1 Å². The van der Waals surface area contributed by atoms with Crippen molar-refractivity contribution < 1.29 is 44.0 Å². The van der Waals surface area contributed by atoms with Crippen LogP contribution in [0.15, 0.2) is 22.8 Å². The van der Waals surface area contributed by atoms with Crippen molar-refractivity contribution >= 4 is 58.3 Å². The fourth-order valence-electron chi connectivity index (χ4n) is 8.01. The molecular formula is C25H28Cl3FO8. The van der Waals surface area contributed by atoms with E-state index in [2.05, 4.69) is 0 Å². The van der Waals surface area contributed by atoms with Crippen LogP contribution in [0.3, 0.4) is 0 Å². The molecule has 204 valence electrons. The van der Waals surface area contributed by atoms with E-state index in [-0.39, 0.29) is 36.3 Å². The fourth-order valence-corrected chi connectivity index (χ4v) is 9.47. The number of hydrogen-bond donors (Lipinski definition) is 4. The third kappa shape index (κ3) is 3.60. The van der Waals surface area contributed by atoms with Crippen molar-refractivity contribution in [1.29, 1.82) is 0 Å². The summed E-state index contributed by atoms with van der Waals surface area (Å²) in [6.07, 6.45) is -4.70. The number of carbonyl (C=O) groups is 4. The Labute approximate surface area is 227 Å². The summed E-state index contributed by atoms with van der Waals surface area (Å²) in [4.78, 5) is 47.8. The van der Waals surface area contributed by atoms with Crippen molar-refractivity contribution in [3.05, 3.63) is 22.8 Å². The van der Waals surface area contributed by atoms with Gasteiger partial charge in [-0.15, -0.1) is 23.2 Å². The van der Waals surface area contributed by atoms with E-state index in [4.69, 9.17) is 39.9 Å². The molecule has 3 saturated carbocycles. The summed E-state index contributed by atoms with van der Waals surface area (Å²) in [5.74, 6) is -6.22. The van der Waals surface area contributed by atoms with Crippen LogP contribution in [0.2, 0.25) is 0 Å². The predicted octanol–water partition coefficient (Wildman–Crippen LogP) is 3.22. The standard InChI is InChI=1S/C25H28Cl3FO8/c1-22-9-17(27)25(28)11(5-14(29)12-6-15(30)13(26)8-23(12,25)2)10(22)3-4-24(22,20(35)21(36)37)19(34)16(31)7-18(32)33/h6,8,10-11,14,16-17,20,31,35H,3-5,7,9H2,1-2H3,(H,32,33)(H,36,37)/t10-,11-,14+,16?,17-,20?,22-,23-,24+,25-/m0/s1. The smallest absolute Gasteiger partial charge is 0.333 e. The highest BCUT2D eigenvalue weighted by Crippen LogP contribution is 2.74. The molecule has 8 nitrogen and oxygen atoms in total. The Kier molecular flexibility index (Phi) is 6.94. The zero-order valence-electron chi connectivity index (χ0n) is 20.1. The fraction of sp³-hybridized carbons (Fsp3) is 0.680. The molecule has 4 aliphatic rings. The number of fused-ring (bicyclic) bond motifs is 5. The molecule has 3 fully saturated rings. The average molecular weight is 582 g/mol. The van der Waals surface area contributed by atoms with Gasteiger partial charge in [-0.05, 0) is 60.7 Å². The van der Waals surface area contributed by atoms with Crippen molar-refractivity contribution in [3.8, 4) is 0 Å². The first-order chi connectivity index (χ1) is 17.0. The average Bonchev–Trinajstić information content (AvgIpc) is 3.09. The molecule has 0 aromatic heterocycles. The van der Waals surface area contributed by atoms with Gasteiger partial charge in [-0.25, -0.2) is 9.18 Å². The molecule has 0 radical (unpaired) electrons. The van der Waals surface area contributed by atoms with Gasteiger partial charge in [0, 0.05) is 5.41 Å². The number of Topliss-reactive ketones (excluding diaryl/α,β-unsaturated/α-hetero) is 1. The molecule has 2 unspecified atom stereocenters. The number of halogens is 4. The molecule has 4 N–H and O–H groups in total. The normalized spacial score (nSPS) is 44.5. The van der Waals surface area contributed by atoms with Crippen LogP contribution in [-0.2, 0) is 19.2 Å². The van der Waals surface area contributed by atoms with E-state index in [0.717, 1.165) is 6.08 Å². The summed E-state index contributed by atoms with van der Waals surface area (Å²) in [6, 6.07) is 0. The second-order valence-corrected chi connectivity index (χ2v) is 12.7. The summed E-state index contributed by atoms with van der Waals surface area (Å²) in [6.45, 7) is 3.22. The number of ketones is 2. The molecule has 0 aliphatic heterocycles. The Morgan fingerprint density at radius 3 is 2.38 bits per heavy atom. The third-order valence-corrected chi connectivity index (χ3v) is 11.6. The number of hydrogen-bond acceptors (Lipinski definition) is 6. The highest BCUT2D eigenvalue weighted by molar-refractivity contribution is 6.45. The van der Waals surface area contributed by atoms with Gasteiger partial charge in [-0.2, -0.15) is 0 Å². The van der Waals surface area contributed by atoms with E-state index in [9.17, 15) is 34.5 Å². The predicted molar refractivity (Wildman–Crippen MR) is 131 cm³/mol. The van der Waals surface area contributed by atoms with Gasteiger partial charge in [0.1, 0.15) is 12.3 Å². The van der Waals surface area contributed by atoms with Gasteiger partial charge in [0.05, 0.1) is 27.1 Å². The van der Waals surface area contributed by atoms with Gasteiger partial charge in [0.15, 0.2) is 17.7 Å². The molecule has 0 heterocycles. The minimum Gasteiger partial charge on any atom is -0.481 e. The first-order valence-electron chi connectivity index (χ1n) is 12.0. The lowest BCUT2D eigenvalue weighted by Gasteiger charge is -2.65. The van der Waals surface area contributed by atoms with E-state index < -0.39 is 86.6 Å². The Balaban J connectivity index is 1.88. The number of aliphatic hydroxyl groups excluding tert-OH is 2. The molecule has 0 aromatic carbocycles. The Bertz CT molecular complexity index is 1140. The monoisotopic (exact) mass is 580 g/mol. The van der Waals surface area contributed by atoms with Crippen molar-refractivity contribution in [3.63, 3.8) is 0 Å². The second kappa shape index (κ2) is 9.01. The Morgan fingerprint density at radius 2 is 1.81 bits per heavy atom. The van der Waals surface area contributed by atoms with E-state index in [1.54, 1.807) is 13.8 Å². The number of rotatable bonds is 6. The number of carbonyl (C=O) groups excluding carboxylic acids is 2. The van der Waals surface area contributed by atoms with E-state index in [1.807, 2.05) is 0 Å². The molecule has 0 bridgehead atoms. The van der Waals surface area contributed by atoms with Crippen LogP contribution in [0.25, 0.3) is 0 Å². The van der Waals surface area contributed by atoms with Gasteiger partial charge >= 0.3 is 11.9 Å². The summed E-state index contributed by atoms with van der Waals surface area (Å²) in [5, 5.41) is 39.2. The van der Waals surface area contributed by atoms with Gasteiger partial charge < -0.3 is 20.4 Å². The van der Waals surface area contributed by atoms with E-state index in [0.29, 0.717) is 0 Å². The van der Waals surface area contributed by atoms with E-state index >= 15 is 4.39 Å². The zero-order chi connectivity index (χ0) is 27.9. The number of allylic oxidation sites excluding steroid dienone is 4. The van der Waals surface area contributed by atoms with Crippen molar-refractivity contribution in [2.75, 3.05) is 0 Å². The lowest BCUT2D eigenvalue weighted by atomic mass is 9.44. The highest BCUT2D eigenvalue weighted by Gasteiger charge is 2.76. The number of aliphatic carboxylic acids is 2. The van der Waals surface area contributed by atoms with Crippen LogP contribution in [0.4, 0.5) is 4.39 Å². The van der Waals surface area contributed by atoms with Crippen LogP contribution in [0.1, 0.15) is 46.0 Å². The summed E-state index contributed by atoms with van der Waals surface area (Å²) in [5.41, 5.74) is -4.61. The lowest BCUT2D eigenvalue weighted by molar-refractivity contribution is -0.180. The number of aliphatic hydroxyl groups is 2. The second-order valence-electron chi connectivity index (χ2n) is 11.2. The summed E-state index contributed by atoms with van der Waals surface area (Å²) >= 11 is 20.5. The van der Waals surface area contributed by atoms with Gasteiger partial charge in [0.2, 0.25) is 0 Å². The van der Waals surface area contributed by atoms with Crippen LogP contribution >= 0.6 is 34.8 Å². The van der Waals surface area contributed by atoms with Crippen LogP contribution < -0.4 is 0 Å². The maximum absolute atomic E-state index is 15.7. The SMILES string of the molecule is C[C@]12C=C(Cl)C(=O)C=C1[C@H](F)C[C@H]1[C@@H]3CC[C@@](C(=O)C(O)CC(=O)O)(C(O)C(=O)O)[C@@]3(C)C[C@H](Cl)[C@@]12Cl. The van der Waals surface area contributed by atoms with Crippen molar-refractivity contribution in [1.82, 2.24) is 0 Å². The Morgan fingerprint density at radius 1 is 1.19 bits per heavy atom. The zero-order valence-corrected chi connectivity index (χ0v) is 22.4. The van der Waals surface area contributed by atoms with Gasteiger partial charge in [-0.3, -0.25) is 14.4 Å². The highest BCUT2D eigenvalue weighted by atomic mass is 35.5. The molecule has 0 spiro atoms. The molecule has 4 aliphatic carbocycles. The number of carboxylic acid groups (broad SMARTS) is 2. The number of alkyl halides is 3. The molecule has 12 heteroatoms. The summed E-state index contributed by atoms with van der Waals surface area (Å²) < 4.78 is 15.7. The van der Waals surface area contributed by atoms with Crippen LogP contribution in [-0.4, -0.2) is 72.6 Å². The topological polar surface area (TPSA) is 149 Å². The molecule has 0 amide bonds. The van der Waals surface area contributed by atoms with Gasteiger partial charge in [0.25, 0.3) is 0 Å². The molecule has 0 saturated heterocycles. The first kappa shape index (κ1) is 28.5. The van der Waals surface area contributed by atoms with E-state index in [1.165, 1.54) is 6.08 Å². The maximum atomic E-state index is 15.7. The molecular weight excluding hydrogens is 554 g/mol. The maximum Gasteiger partial charge on any atom is 0.333 e. The first-order valence-corrected chi connectivity index (χ1v) is 13.1. The molecule has 37 heavy (non-hydrogen) atoms. The minimum atomic E-state index is -2.28. The molecule has 0 aromatic rings. The molecule has 4 rings (SSSR count). The third-order valence-electron chi connectivity index (χ3n) is 9.71. The van der Waals surface area contributed by atoms with Crippen LogP contribution in [0, 0.1) is 28.1 Å². The largest absolute Gasteiger partial charge is 0.481 e. The van der Waals surface area contributed by atoms with Crippen LogP contribution in [0.5, 0.6) is 0 Å². The van der Waals surface area contributed by atoms with Gasteiger partial charge in [-0.1, -0.05) is 25.4 Å². The van der Waals surface area contributed by atoms with Crippen molar-refractivity contribution in [2.45, 2.75) is 74.6 Å². The lowest BCUT2D eigenvalue weighted by Crippen LogP contribution is -2.69. The quantitative estimate of drug-likeness (QED) is 0.349. The Hall–Kier alpha value is -1.52. The molecule has 10 atom stereocenters. The minimum absolute atomic E-state index is 0.103. The number of carboxylic acids is 2.